The van der Waals surface area contributed by atoms with Crippen LogP contribution in [0.5, 0.6) is 11.5 Å². The van der Waals surface area contributed by atoms with E-state index in [1.807, 2.05) is 30.3 Å². The van der Waals surface area contributed by atoms with Crippen molar-refractivity contribution in [2.75, 3.05) is 20.8 Å². The van der Waals surface area contributed by atoms with Gasteiger partial charge in [-0.3, -0.25) is 4.99 Å². The van der Waals surface area contributed by atoms with Crippen molar-refractivity contribution in [3.63, 3.8) is 0 Å². The number of nitrogens with one attached hydrogen (secondary N) is 2. The van der Waals surface area contributed by atoms with E-state index in [2.05, 4.69) is 15.6 Å². The highest BCUT2D eigenvalue weighted by atomic mass is 127. The Morgan fingerprint density at radius 3 is 2.28 bits per heavy atom. The van der Waals surface area contributed by atoms with E-state index in [0.717, 1.165) is 16.9 Å². The van der Waals surface area contributed by atoms with E-state index in [-0.39, 0.29) is 36.3 Å². The lowest BCUT2D eigenvalue weighted by Crippen LogP contribution is -2.36. The van der Waals surface area contributed by atoms with Crippen molar-refractivity contribution < 1.29 is 22.6 Å². The Kier molecular flexibility index (Phi) is 10.1. The first kappa shape index (κ1) is 24.9. The summed E-state index contributed by atoms with van der Waals surface area (Å²) in [6.07, 6.45) is -4.38. The summed E-state index contributed by atoms with van der Waals surface area (Å²) in [5, 5.41) is 6.25. The minimum absolute atomic E-state index is 0. The zero-order chi connectivity index (χ0) is 20.6. The molecule has 2 aromatic rings. The summed E-state index contributed by atoms with van der Waals surface area (Å²) in [5.74, 6) is 1.51. The van der Waals surface area contributed by atoms with E-state index in [9.17, 15) is 13.2 Å². The quantitative estimate of drug-likeness (QED) is 0.321. The number of hydrogen-bond acceptors (Lipinski definition) is 3. The Hall–Kier alpha value is -2.17. The standard InChI is InChI=1S/C20H24F3N3O2.HI/c1-14-4-7-16(18(10-14)28-13-20(21,22)23)12-26-19(24-2)25-11-15-5-8-17(27-3)9-6-15;/h4-10H,11-13H2,1-3H3,(H2,24,25,26);1H. The van der Waals surface area contributed by atoms with Gasteiger partial charge in [0.25, 0.3) is 0 Å². The largest absolute Gasteiger partial charge is 0.497 e. The summed E-state index contributed by atoms with van der Waals surface area (Å²) in [7, 11) is 3.23. The van der Waals surface area contributed by atoms with Crippen LogP contribution in [0.4, 0.5) is 13.2 Å². The second-order valence-corrected chi connectivity index (χ2v) is 6.14. The topological polar surface area (TPSA) is 54.9 Å². The normalized spacial score (nSPS) is 11.4. The molecule has 0 fully saturated rings. The minimum Gasteiger partial charge on any atom is -0.497 e. The maximum atomic E-state index is 12.5. The molecule has 0 amide bonds. The third-order valence-electron chi connectivity index (χ3n) is 3.90. The third-order valence-corrected chi connectivity index (χ3v) is 3.90. The highest BCUT2D eigenvalue weighted by Gasteiger charge is 2.28. The highest BCUT2D eigenvalue weighted by Crippen LogP contribution is 2.23. The van der Waals surface area contributed by atoms with Gasteiger partial charge in [-0.2, -0.15) is 13.2 Å². The van der Waals surface area contributed by atoms with Gasteiger partial charge >= 0.3 is 6.18 Å². The van der Waals surface area contributed by atoms with Crippen LogP contribution in [0.2, 0.25) is 0 Å². The molecule has 0 spiro atoms. The van der Waals surface area contributed by atoms with Crippen molar-refractivity contribution >= 4 is 29.9 Å². The van der Waals surface area contributed by atoms with Crippen LogP contribution in [0, 0.1) is 6.92 Å². The van der Waals surface area contributed by atoms with E-state index in [0.29, 0.717) is 18.1 Å². The third kappa shape index (κ3) is 8.80. The van der Waals surface area contributed by atoms with E-state index < -0.39 is 12.8 Å². The van der Waals surface area contributed by atoms with E-state index in [1.165, 1.54) is 0 Å². The summed E-state index contributed by atoms with van der Waals surface area (Å²) >= 11 is 0. The number of aliphatic imine (C=N–C) groups is 1. The zero-order valence-corrected chi connectivity index (χ0v) is 18.8. The van der Waals surface area contributed by atoms with E-state index in [4.69, 9.17) is 9.47 Å². The van der Waals surface area contributed by atoms with Gasteiger partial charge < -0.3 is 20.1 Å². The van der Waals surface area contributed by atoms with Crippen LogP contribution < -0.4 is 20.1 Å². The van der Waals surface area contributed by atoms with Gasteiger partial charge in [-0.15, -0.1) is 24.0 Å². The lowest BCUT2D eigenvalue weighted by molar-refractivity contribution is -0.153. The van der Waals surface area contributed by atoms with E-state index >= 15 is 0 Å². The second kappa shape index (κ2) is 11.7. The molecule has 0 aliphatic carbocycles. The van der Waals surface area contributed by atoms with Crippen LogP contribution in [0.1, 0.15) is 16.7 Å². The van der Waals surface area contributed by atoms with Crippen molar-refractivity contribution in [3.05, 3.63) is 59.2 Å². The molecule has 0 aliphatic rings. The highest BCUT2D eigenvalue weighted by molar-refractivity contribution is 14.0. The van der Waals surface area contributed by atoms with Crippen LogP contribution in [-0.4, -0.2) is 32.9 Å². The van der Waals surface area contributed by atoms with E-state index in [1.54, 1.807) is 33.2 Å². The maximum absolute atomic E-state index is 12.5. The van der Waals surface area contributed by atoms with Gasteiger partial charge in [0, 0.05) is 25.7 Å². The molecule has 29 heavy (non-hydrogen) atoms. The molecule has 0 bridgehead atoms. The molecule has 0 aliphatic heterocycles. The van der Waals surface area contributed by atoms with Gasteiger partial charge in [-0.1, -0.05) is 24.3 Å². The number of hydrogen-bond donors (Lipinski definition) is 2. The monoisotopic (exact) mass is 523 g/mol. The zero-order valence-electron chi connectivity index (χ0n) is 16.5. The van der Waals surface area contributed by atoms with Crippen molar-refractivity contribution in [2.24, 2.45) is 4.99 Å². The molecule has 5 nitrogen and oxygen atoms in total. The predicted octanol–water partition coefficient (Wildman–Crippen LogP) is 4.43. The first-order valence-corrected chi connectivity index (χ1v) is 8.67. The number of ether oxygens (including phenoxy) is 2. The van der Waals surface area contributed by atoms with Gasteiger partial charge in [-0.25, -0.2) is 0 Å². The van der Waals surface area contributed by atoms with Crippen LogP contribution >= 0.6 is 24.0 Å². The molecule has 0 unspecified atom stereocenters. The number of benzene rings is 2. The Labute approximate surface area is 185 Å². The molecule has 0 atom stereocenters. The lowest BCUT2D eigenvalue weighted by atomic mass is 10.1. The SMILES string of the molecule is CN=C(NCc1ccc(OC)cc1)NCc1ccc(C)cc1OCC(F)(F)F.I. The predicted molar refractivity (Wildman–Crippen MR) is 118 cm³/mol. The molecule has 160 valence electrons. The molecule has 2 rings (SSSR count). The van der Waals surface area contributed by atoms with Crippen LogP contribution in [0.15, 0.2) is 47.5 Å². The van der Waals surface area contributed by atoms with Gasteiger partial charge in [0.15, 0.2) is 12.6 Å². The number of rotatable bonds is 7. The molecule has 0 saturated carbocycles. The number of guanidine groups is 1. The molecule has 0 aromatic heterocycles. The van der Waals surface area contributed by atoms with Gasteiger partial charge in [0.05, 0.1) is 7.11 Å². The summed E-state index contributed by atoms with van der Waals surface area (Å²) in [5.41, 5.74) is 2.47. The average molecular weight is 523 g/mol. The molecular formula is C20H25F3IN3O2. The molecule has 9 heteroatoms. The number of nitrogens with zero attached hydrogens (tertiary/aromatic N) is 1. The average Bonchev–Trinajstić information content (AvgIpc) is 2.67. The first-order valence-electron chi connectivity index (χ1n) is 8.67. The number of methoxy groups -OCH3 is 1. The Bertz CT molecular complexity index is 797. The molecule has 0 heterocycles. The van der Waals surface area contributed by atoms with Crippen molar-refractivity contribution in [1.29, 1.82) is 0 Å². The molecule has 0 radical (unpaired) electrons. The van der Waals surface area contributed by atoms with Crippen molar-refractivity contribution in [1.82, 2.24) is 10.6 Å². The van der Waals surface area contributed by atoms with Crippen LogP contribution in [0.3, 0.4) is 0 Å². The van der Waals surface area contributed by atoms with Crippen LogP contribution in [-0.2, 0) is 13.1 Å². The smallest absolute Gasteiger partial charge is 0.422 e. The molecular weight excluding hydrogens is 498 g/mol. The minimum atomic E-state index is -4.38. The van der Waals surface area contributed by atoms with Gasteiger partial charge in [-0.05, 0) is 36.2 Å². The molecule has 2 aromatic carbocycles. The fourth-order valence-corrected chi connectivity index (χ4v) is 2.43. The summed E-state index contributed by atoms with van der Waals surface area (Å²) in [6.45, 7) is 1.28. The Morgan fingerprint density at radius 1 is 1.03 bits per heavy atom. The first-order chi connectivity index (χ1) is 13.3. The number of alkyl halides is 3. The lowest BCUT2D eigenvalue weighted by Gasteiger charge is -2.16. The fraction of sp³-hybridized carbons (Fsp3) is 0.350. The number of aryl methyl sites for hydroxylation is 1. The Balaban J connectivity index is 0.00000420. The summed E-state index contributed by atoms with van der Waals surface area (Å²) < 4.78 is 47.5. The fourth-order valence-electron chi connectivity index (χ4n) is 2.43. The molecule has 2 N–H and O–H groups in total. The van der Waals surface area contributed by atoms with Crippen molar-refractivity contribution in [2.45, 2.75) is 26.2 Å². The van der Waals surface area contributed by atoms with Crippen LogP contribution in [0.25, 0.3) is 0 Å². The summed E-state index contributed by atoms with van der Waals surface area (Å²) in [6, 6.07) is 12.8. The summed E-state index contributed by atoms with van der Waals surface area (Å²) in [4.78, 5) is 4.13. The maximum Gasteiger partial charge on any atom is 0.422 e. The Morgan fingerprint density at radius 2 is 1.69 bits per heavy atom. The van der Waals surface area contributed by atoms with Crippen molar-refractivity contribution in [3.8, 4) is 11.5 Å². The van der Waals surface area contributed by atoms with Gasteiger partial charge in [0.2, 0.25) is 0 Å². The molecule has 0 saturated heterocycles. The number of halogens is 4. The second-order valence-electron chi connectivity index (χ2n) is 6.14. The van der Waals surface area contributed by atoms with Gasteiger partial charge in [0.1, 0.15) is 11.5 Å².